The Morgan fingerprint density at radius 3 is 2.62 bits per heavy atom. The highest BCUT2D eigenvalue weighted by molar-refractivity contribution is 5.69. The molecule has 0 bridgehead atoms. The first kappa shape index (κ1) is 13.2. The van der Waals surface area contributed by atoms with Gasteiger partial charge < -0.3 is 9.84 Å². The van der Waals surface area contributed by atoms with Crippen molar-refractivity contribution >= 4 is 5.97 Å². The number of ether oxygens (including phenoxy) is 1. The van der Waals surface area contributed by atoms with E-state index >= 15 is 0 Å². The minimum atomic E-state index is -4.47. The zero-order valence-corrected chi connectivity index (χ0v) is 8.83. The van der Waals surface area contributed by atoms with Crippen LogP contribution in [0.15, 0.2) is 0 Å². The van der Waals surface area contributed by atoms with Gasteiger partial charge in [-0.05, 0) is 19.9 Å². The van der Waals surface area contributed by atoms with Gasteiger partial charge in [0.2, 0.25) is 0 Å². The molecule has 0 aliphatic carbocycles. The summed E-state index contributed by atoms with van der Waals surface area (Å²) in [5.41, 5.74) is 0. The van der Waals surface area contributed by atoms with Crippen LogP contribution in [0.1, 0.15) is 12.8 Å². The highest BCUT2D eigenvalue weighted by atomic mass is 19.4. The van der Waals surface area contributed by atoms with Crippen LogP contribution in [0, 0.1) is 0 Å². The highest BCUT2D eigenvalue weighted by Gasteiger charge is 2.49. The molecule has 0 spiro atoms. The van der Waals surface area contributed by atoms with Gasteiger partial charge in [0, 0.05) is 6.61 Å². The van der Waals surface area contributed by atoms with Crippen LogP contribution in [0.2, 0.25) is 0 Å². The molecule has 2 atom stereocenters. The number of carboxylic acids is 1. The van der Waals surface area contributed by atoms with E-state index < -0.39 is 30.8 Å². The maximum Gasteiger partial charge on any atom is 0.406 e. The lowest BCUT2D eigenvalue weighted by molar-refractivity contribution is -0.206. The molecule has 7 heteroatoms. The van der Waals surface area contributed by atoms with Gasteiger partial charge in [-0.2, -0.15) is 13.2 Å². The summed E-state index contributed by atoms with van der Waals surface area (Å²) in [5.74, 6) is -1.28. The average molecular weight is 241 g/mol. The van der Waals surface area contributed by atoms with E-state index in [0.29, 0.717) is 19.4 Å². The predicted octanol–water partition coefficient (Wildman–Crippen LogP) is 1.11. The second kappa shape index (κ2) is 5.01. The molecule has 0 radical (unpaired) electrons. The normalized spacial score (nSPS) is 23.7. The van der Waals surface area contributed by atoms with E-state index in [-0.39, 0.29) is 0 Å². The van der Waals surface area contributed by atoms with Crippen molar-refractivity contribution in [3.63, 3.8) is 0 Å². The van der Waals surface area contributed by atoms with Gasteiger partial charge in [-0.15, -0.1) is 0 Å². The molecule has 1 saturated heterocycles. The standard InChI is InChI=1S/C9H14F3NO3/c1-13(5-7(14)15)8(9(10,11)12)6-3-2-4-16-6/h6,8H,2-5H2,1H3,(H,14,15)/t6-,8+/m1/s1. The van der Waals surface area contributed by atoms with Crippen LogP contribution in [0.3, 0.4) is 0 Å². The first-order chi connectivity index (χ1) is 7.32. The van der Waals surface area contributed by atoms with Crippen LogP contribution in [0.5, 0.6) is 0 Å². The number of nitrogens with zero attached hydrogens (tertiary/aromatic N) is 1. The number of hydrogen-bond acceptors (Lipinski definition) is 3. The highest BCUT2D eigenvalue weighted by Crippen LogP contribution is 2.31. The lowest BCUT2D eigenvalue weighted by Gasteiger charge is -2.32. The van der Waals surface area contributed by atoms with E-state index in [9.17, 15) is 18.0 Å². The first-order valence-electron chi connectivity index (χ1n) is 4.92. The second-order valence-corrected chi connectivity index (χ2v) is 3.85. The van der Waals surface area contributed by atoms with Crippen molar-refractivity contribution < 1.29 is 27.8 Å². The SMILES string of the molecule is CN(CC(=O)O)[C@@H]([C@H]1CCCO1)C(F)(F)F. The van der Waals surface area contributed by atoms with Gasteiger partial charge in [-0.25, -0.2) is 0 Å². The number of aliphatic carboxylic acids is 1. The topological polar surface area (TPSA) is 49.8 Å². The van der Waals surface area contributed by atoms with Crippen molar-refractivity contribution in [1.29, 1.82) is 0 Å². The minimum absolute atomic E-state index is 0.304. The fraction of sp³-hybridized carbons (Fsp3) is 0.889. The van der Waals surface area contributed by atoms with Gasteiger partial charge >= 0.3 is 12.1 Å². The van der Waals surface area contributed by atoms with Crippen molar-refractivity contribution in [3.8, 4) is 0 Å². The molecule has 0 unspecified atom stereocenters. The molecule has 4 nitrogen and oxygen atoms in total. The maximum absolute atomic E-state index is 12.8. The third kappa shape index (κ3) is 3.34. The molecular weight excluding hydrogens is 227 g/mol. The van der Waals surface area contributed by atoms with Crippen molar-refractivity contribution in [1.82, 2.24) is 4.90 Å². The molecule has 0 aromatic heterocycles. The van der Waals surface area contributed by atoms with Crippen molar-refractivity contribution in [2.75, 3.05) is 20.2 Å². The lowest BCUT2D eigenvalue weighted by Crippen LogP contribution is -2.52. The summed E-state index contributed by atoms with van der Waals surface area (Å²) in [5, 5.41) is 8.49. The monoisotopic (exact) mass is 241 g/mol. The predicted molar refractivity (Wildman–Crippen MR) is 49.1 cm³/mol. The summed E-state index contributed by atoms with van der Waals surface area (Å²) < 4.78 is 43.3. The molecule has 1 fully saturated rings. The molecule has 0 aromatic carbocycles. The molecule has 0 aromatic rings. The van der Waals surface area contributed by atoms with Gasteiger partial charge in [0.05, 0.1) is 12.6 Å². The fourth-order valence-electron chi connectivity index (χ4n) is 1.91. The number of alkyl halides is 3. The van der Waals surface area contributed by atoms with Gasteiger partial charge in [-0.3, -0.25) is 9.69 Å². The Morgan fingerprint density at radius 1 is 1.62 bits per heavy atom. The molecule has 0 saturated carbocycles. The molecule has 1 aliphatic heterocycles. The summed E-state index contributed by atoms with van der Waals surface area (Å²) in [6.07, 6.45) is -4.53. The second-order valence-electron chi connectivity index (χ2n) is 3.85. The Labute approximate surface area is 91.0 Å². The van der Waals surface area contributed by atoms with E-state index in [0.717, 1.165) is 11.9 Å². The van der Waals surface area contributed by atoms with Gasteiger partial charge in [0.1, 0.15) is 6.04 Å². The zero-order chi connectivity index (χ0) is 12.3. The lowest BCUT2D eigenvalue weighted by atomic mass is 10.1. The van der Waals surface area contributed by atoms with Crippen LogP contribution >= 0.6 is 0 Å². The van der Waals surface area contributed by atoms with E-state index in [4.69, 9.17) is 9.84 Å². The van der Waals surface area contributed by atoms with Gasteiger partial charge in [-0.1, -0.05) is 0 Å². The largest absolute Gasteiger partial charge is 0.480 e. The van der Waals surface area contributed by atoms with Crippen LogP contribution in [0.25, 0.3) is 0 Å². The number of carboxylic acid groups (broad SMARTS) is 1. The molecule has 94 valence electrons. The molecule has 0 amide bonds. The molecule has 1 rings (SSSR count). The Hall–Kier alpha value is -0.820. The summed E-state index contributed by atoms with van der Waals surface area (Å²) in [6, 6.07) is -1.84. The van der Waals surface area contributed by atoms with Gasteiger partial charge in [0.25, 0.3) is 0 Å². The van der Waals surface area contributed by atoms with E-state index in [1.165, 1.54) is 0 Å². The van der Waals surface area contributed by atoms with Crippen molar-refractivity contribution in [3.05, 3.63) is 0 Å². The molecule has 1 heterocycles. The third-order valence-corrected chi connectivity index (χ3v) is 2.51. The Bertz CT molecular complexity index is 251. The van der Waals surface area contributed by atoms with E-state index in [1.807, 2.05) is 0 Å². The smallest absolute Gasteiger partial charge is 0.406 e. The Balaban J connectivity index is 2.74. The fourth-order valence-corrected chi connectivity index (χ4v) is 1.91. The molecule has 16 heavy (non-hydrogen) atoms. The number of carbonyl (C=O) groups is 1. The summed E-state index contributed by atoms with van der Waals surface area (Å²) in [7, 11) is 1.15. The Kier molecular flexibility index (Phi) is 4.15. The van der Waals surface area contributed by atoms with E-state index in [2.05, 4.69) is 0 Å². The van der Waals surface area contributed by atoms with Crippen LogP contribution in [-0.2, 0) is 9.53 Å². The first-order valence-corrected chi connectivity index (χ1v) is 4.92. The quantitative estimate of drug-likeness (QED) is 0.801. The summed E-state index contributed by atoms with van der Waals surface area (Å²) in [4.78, 5) is 11.2. The van der Waals surface area contributed by atoms with Crippen LogP contribution in [0.4, 0.5) is 13.2 Å². The molecule has 1 aliphatic rings. The molecule has 1 N–H and O–H groups in total. The Morgan fingerprint density at radius 2 is 2.25 bits per heavy atom. The number of hydrogen-bond donors (Lipinski definition) is 1. The summed E-state index contributed by atoms with van der Waals surface area (Å²) in [6.45, 7) is -0.345. The number of halogens is 3. The third-order valence-electron chi connectivity index (χ3n) is 2.51. The average Bonchev–Trinajstić information content (AvgIpc) is 2.52. The zero-order valence-electron chi connectivity index (χ0n) is 8.83. The van der Waals surface area contributed by atoms with Crippen LogP contribution < -0.4 is 0 Å². The number of likely N-dealkylation sites (N-methyl/N-ethyl adjacent to an activating group) is 1. The van der Waals surface area contributed by atoms with Crippen molar-refractivity contribution in [2.24, 2.45) is 0 Å². The minimum Gasteiger partial charge on any atom is -0.480 e. The van der Waals surface area contributed by atoms with E-state index in [1.54, 1.807) is 0 Å². The molecular formula is C9H14F3NO3. The number of rotatable bonds is 4. The van der Waals surface area contributed by atoms with Crippen molar-refractivity contribution in [2.45, 2.75) is 31.2 Å². The maximum atomic E-state index is 12.8. The van der Waals surface area contributed by atoms with Crippen LogP contribution in [-0.4, -0.2) is 54.5 Å². The van der Waals surface area contributed by atoms with Gasteiger partial charge in [0.15, 0.2) is 0 Å². The summed E-state index contributed by atoms with van der Waals surface area (Å²) >= 11 is 0.